The Kier molecular flexibility index (Phi) is 3.80. The van der Waals surface area contributed by atoms with Crippen LogP contribution in [0.2, 0.25) is 0 Å². The van der Waals surface area contributed by atoms with E-state index in [0.717, 1.165) is 17.0 Å². The average molecular weight is 304 g/mol. The second-order valence-electron chi connectivity index (χ2n) is 4.85. The molecule has 21 heavy (non-hydrogen) atoms. The van der Waals surface area contributed by atoms with E-state index < -0.39 is 0 Å². The molecule has 3 aromatic rings. The molecule has 1 N–H and O–H groups in total. The quantitative estimate of drug-likeness (QED) is 0.773. The zero-order chi connectivity index (χ0) is 14.8. The molecule has 0 saturated heterocycles. The highest BCUT2D eigenvalue weighted by Crippen LogP contribution is 2.27. The lowest BCUT2D eigenvalue weighted by molar-refractivity contribution is 0.417. The first-order chi connectivity index (χ1) is 10.2. The smallest absolute Gasteiger partial charge is 0.277 e. The molecule has 3 heterocycles. The molecular weight excluding hydrogens is 288 g/mol. The summed E-state index contributed by atoms with van der Waals surface area (Å²) in [4.78, 5) is 8.92. The van der Waals surface area contributed by atoms with E-state index in [1.165, 1.54) is 11.3 Å². The Morgan fingerprint density at radius 2 is 2.29 bits per heavy atom. The summed E-state index contributed by atoms with van der Waals surface area (Å²) in [6, 6.07) is 0.303. The van der Waals surface area contributed by atoms with Crippen molar-refractivity contribution in [1.29, 1.82) is 0 Å². The summed E-state index contributed by atoms with van der Waals surface area (Å²) in [6.45, 7) is 2.07. The standard InChI is InChI=1S/C13H16N6OS/c1-8(14-2)4-11-17-12(20-18-11)10-7-21-13(16-10)9-5-15-19(3)6-9/h5-8,14H,4H2,1-3H3. The Labute approximate surface area is 126 Å². The second kappa shape index (κ2) is 5.74. The topological polar surface area (TPSA) is 81.7 Å². The fraction of sp³-hybridized carbons (Fsp3) is 0.385. The molecule has 0 saturated carbocycles. The van der Waals surface area contributed by atoms with E-state index in [0.29, 0.717) is 23.5 Å². The average Bonchev–Trinajstić information content (AvgIpc) is 3.17. The van der Waals surface area contributed by atoms with Crippen molar-refractivity contribution in [3.05, 3.63) is 23.6 Å². The highest BCUT2D eigenvalue weighted by Gasteiger charge is 2.15. The Morgan fingerprint density at radius 1 is 1.43 bits per heavy atom. The predicted molar refractivity (Wildman–Crippen MR) is 79.8 cm³/mol. The van der Waals surface area contributed by atoms with Gasteiger partial charge in [-0.2, -0.15) is 10.1 Å². The first-order valence-electron chi connectivity index (χ1n) is 6.60. The van der Waals surface area contributed by atoms with Gasteiger partial charge in [0.2, 0.25) is 0 Å². The van der Waals surface area contributed by atoms with Gasteiger partial charge >= 0.3 is 0 Å². The number of thiazole rings is 1. The van der Waals surface area contributed by atoms with E-state index in [9.17, 15) is 0 Å². The Balaban J connectivity index is 1.80. The van der Waals surface area contributed by atoms with Crippen LogP contribution in [0.5, 0.6) is 0 Å². The maximum absolute atomic E-state index is 5.28. The van der Waals surface area contributed by atoms with Crippen LogP contribution in [-0.4, -0.2) is 38.0 Å². The van der Waals surface area contributed by atoms with Gasteiger partial charge in [0.15, 0.2) is 5.82 Å². The summed E-state index contributed by atoms with van der Waals surface area (Å²) in [5.74, 6) is 1.14. The molecule has 3 rings (SSSR count). The molecule has 7 nitrogen and oxygen atoms in total. The van der Waals surface area contributed by atoms with Crippen molar-refractivity contribution in [2.45, 2.75) is 19.4 Å². The van der Waals surface area contributed by atoms with Crippen molar-refractivity contribution in [1.82, 2.24) is 30.2 Å². The number of hydrogen-bond donors (Lipinski definition) is 1. The van der Waals surface area contributed by atoms with E-state index in [1.807, 2.05) is 25.7 Å². The molecule has 0 aliphatic rings. The molecule has 1 atom stereocenters. The minimum Gasteiger partial charge on any atom is -0.332 e. The molecule has 3 aromatic heterocycles. The monoisotopic (exact) mass is 304 g/mol. The van der Waals surface area contributed by atoms with Crippen LogP contribution in [0.4, 0.5) is 0 Å². The van der Waals surface area contributed by atoms with E-state index in [2.05, 4.69) is 32.5 Å². The number of aromatic nitrogens is 5. The Bertz CT molecular complexity index is 730. The van der Waals surface area contributed by atoms with Crippen molar-refractivity contribution in [3.8, 4) is 22.2 Å². The number of nitrogens with zero attached hydrogens (tertiary/aromatic N) is 5. The van der Waals surface area contributed by atoms with Gasteiger partial charge in [-0.05, 0) is 14.0 Å². The van der Waals surface area contributed by atoms with Crippen LogP contribution < -0.4 is 5.32 Å². The zero-order valence-corrected chi connectivity index (χ0v) is 12.9. The molecule has 1 unspecified atom stereocenters. The molecule has 110 valence electrons. The van der Waals surface area contributed by atoms with Gasteiger partial charge in [-0.3, -0.25) is 4.68 Å². The maximum atomic E-state index is 5.28. The molecule has 0 spiro atoms. The van der Waals surface area contributed by atoms with E-state index in [4.69, 9.17) is 4.52 Å². The highest BCUT2D eigenvalue weighted by atomic mass is 32.1. The maximum Gasteiger partial charge on any atom is 0.277 e. The van der Waals surface area contributed by atoms with Crippen LogP contribution in [0.3, 0.4) is 0 Å². The zero-order valence-electron chi connectivity index (χ0n) is 12.1. The van der Waals surface area contributed by atoms with Crippen molar-refractivity contribution < 1.29 is 4.52 Å². The van der Waals surface area contributed by atoms with Gasteiger partial charge in [0, 0.05) is 36.7 Å². The molecule has 0 aromatic carbocycles. The van der Waals surface area contributed by atoms with Crippen LogP contribution >= 0.6 is 11.3 Å². The molecule has 8 heteroatoms. The fourth-order valence-corrected chi connectivity index (χ4v) is 2.62. The van der Waals surface area contributed by atoms with Gasteiger partial charge < -0.3 is 9.84 Å². The molecule has 0 bridgehead atoms. The minimum absolute atomic E-state index is 0.303. The lowest BCUT2D eigenvalue weighted by Gasteiger charge is -2.04. The first kappa shape index (κ1) is 13.9. The number of nitrogens with one attached hydrogen (secondary N) is 1. The lowest BCUT2D eigenvalue weighted by atomic mass is 10.2. The molecule has 0 aliphatic carbocycles. The summed E-state index contributed by atoms with van der Waals surface area (Å²) in [5, 5.41) is 14.1. The molecule has 0 radical (unpaired) electrons. The molecule has 0 fully saturated rings. The third kappa shape index (κ3) is 3.01. The van der Waals surface area contributed by atoms with Gasteiger partial charge in [0.25, 0.3) is 5.89 Å². The Morgan fingerprint density at radius 3 is 3.00 bits per heavy atom. The van der Waals surface area contributed by atoms with E-state index in [-0.39, 0.29) is 0 Å². The summed E-state index contributed by atoms with van der Waals surface area (Å²) in [7, 11) is 3.79. The van der Waals surface area contributed by atoms with E-state index >= 15 is 0 Å². The minimum atomic E-state index is 0.303. The van der Waals surface area contributed by atoms with Crippen molar-refractivity contribution in [2.75, 3.05) is 7.05 Å². The van der Waals surface area contributed by atoms with Crippen molar-refractivity contribution in [2.24, 2.45) is 7.05 Å². The van der Waals surface area contributed by atoms with Gasteiger partial charge in [0.1, 0.15) is 10.7 Å². The van der Waals surface area contributed by atoms with Crippen molar-refractivity contribution >= 4 is 11.3 Å². The third-order valence-corrected chi connectivity index (χ3v) is 4.02. The molecular formula is C13H16N6OS. The molecule has 0 amide bonds. The number of likely N-dealkylation sites (N-methyl/N-ethyl adjacent to an activating group) is 1. The van der Waals surface area contributed by atoms with Gasteiger partial charge in [-0.1, -0.05) is 5.16 Å². The van der Waals surface area contributed by atoms with Gasteiger partial charge in [-0.25, -0.2) is 4.98 Å². The summed E-state index contributed by atoms with van der Waals surface area (Å²) >= 11 is 1.53. The highest BCUT2D eigenvalue weighted by molar-refractivity contribution is 7.13. The van der Waals surface area contributed by atoms with Crippen molar-refractivity contribution in [3.63, 3.8) is 0 Å². The summed E-state index contributed by atoms with van der Waals surface area (Å²) in [5.41, 5.74) is 1.69. The first-order valence-corrected chi connectivity index (χ1v) is 7.48. The van der Waals surface area contributed by atoms with Gasteiger partial charge in [-0.15, -0.1) is 11.3 Å². The van der Waals surface area contributed by atoms with Crippen LogP contribution in [0.25, 0.3) is 22.2 Å². The Hall–Kier alpha value is -2.06. The SMILES string of the molecule is CNC(C)Cc1noc(-c2csc(-c3cnn(C)c3)n2)n1. The summed E-state index contributed by atoms with van der Waals surface area (Å²) < 4.78 is 7.04. The van der Waals surface area contributed by atoms with Crippen LogP contribution in [-0.2, 0) is 13.5 Å². The summed E-state index contributed by atoms with van der Waals surface area (Å²) in [6.07, 6.45) is 4.44. The number of aryl methyl sites for hydroxylation is 1. The largest absolute Gasteiger partial charge is 0.332 e. The lowest BCUT2D eigenvalue weighted by Crippen LogP contribution is -2.24. The number of rotatable bonds is 5. The fourth-order valence-electron chi connectivity index (χ4n) is 1.85. The molecule has 0 aliphatic heterocycles. The second-order valence-corrected chi connectivity index (χ2v) is 5.71. The van der Waals surface area contributed by atoms with Crippen LogP contribution in [0, 0.1) is 0 Å². The van der Waals surface area contributed by atoms with Crippen LogP contribution in [0.15, 0.2) is 22.3 Å². The predicted octanol–water partition coefficient (Wildman–Crippen LogP) is 1.74. The normalized spacial score (nSPS) is 12.7. The van der Waals surface area contributed by atoms with Gasteiger partial charge in [0.05, 0.1) is 6.20 Å². The van der Waals surface area contributed by atoms with Crippen LogP contribution in [0.1, 0.15) is 12.7 Å². The third-order valence-electron chi connectivity index (χ3n) is 3.12. The van der Waals surface area contributed by atoms with E-state index in [1.54, 1.807) is 10.9 Å². The number of hydrogen-bond acceptors (Lipinski definition) is 7.